The average Bonchev–Trinajstić information content (AvgIpc) is 2.74. The quantitative estimate of drug-likeness (QED) is 0.518. The van der Waals surface area contributed by atoms with Gasteiger partial charge in [0.15, 0.2) is 11.5 Å². The molecule has 0 heterocycles. The number of likely N-dealkylation sites (N-methyl/N-ethyl adjacent to an activating group) is 1. The van der Waals surface area contributed by atoms with Gasteiger partial charge in [-0.05, 0) is 49.3 Å². The molecule has 154 valence electrons. The number of benzene rings is 2. The van der Waals surface area contributed by atoms with Crippen molar-refractivity contribution in [3.8, 4) is 11.5 Å². The Morgan fingerprint density at radius 2 is 1.75 bits per heavy atom. The van der Waals surface area contributed by atoms with Gasteiger partial charge in [-0.1, -0.05) is 50.2 Å². The highest BCUT2D eigenvalue weighted by atomic mass is 16.5. The Morgan fingerprint density at radius 1 is 1.00 bits per heavy atom. The van der Waals surface area contributed by atoms with Crippen LogP contribution in [0.5, 0.6) is 11.5 Å². The molecule has 0 aliphatic carbocycles. The van der Waals surface area contributed by atoms with Gasteiger partial charge in [0.25, 0.3) is 0 Å². The molecular formula is C23H34N2O3. The predicted molar refractivity (Wildman–Crippen MR) is 114 cm³/mol. The molecule has 0 aromatic heterocycles. The summed E-state index contributed by atoms with van der Waals surface area (Å²) in [5.74, 6) is 1.35. The summed E-state index contributed by atoms with van der Waals surface area (Å²) in [5.41, 5.74) is 2.47. The summed E-state index contributed by atoms with van der Waals surface area (Å²) >= 11 is 0. The smallest absolute Gasteiger partial charge is 0.161 e. The third-order valence-corrected chi connectivity index (χ3v) is 4.79. The summed E-state index contributed by atoms with van der Waals surface area (Å²) in [6.45, 7) is 8.57. The number of hydrogen-bond donors (Lipinski definition) is 2. The molecular weight excluding hydrogens is 352 g/mol. The molecule has 2 aromatic rings. The van der Waals surface area contributed by atoms with Crippen molar-refractivity contribution in [2.75, 3.05) is 39.9 Å². The largest absolute Gasteiger partial charge is 0.493 e. The molecule has 0 aliphatic heterocycles. The summed E-state index contributed by atoms with van der Waals surface area (Å²) in [6, 6.07) is 16.4. The van der Waals surface area contributed by atoms with E-state index in [9.17, 15) is 5.11 Å². The zero-order valence-electron chi connectivity index (χ0n) is 17.4. The van der Waals surface area contributed by atoms with Crippen molar-refractivity contribution < 1.29 is 14.6 Å². The van der Waals surface area contributed by atoms with Crippen LogP contribution in [0.25, 0.3) is 0 Å². The standard InChI is InChI=1S/C23H34N2O3/c1-4-25(5-2)17-21(26)18-28-22-12-11-20(15-23(22)27-3)16-24-14-13-19-9-7-6-8-10-19/h6-12,15,21,24,26H,4-5,13-14,16-18H2,1-3H3/t21-/m1/s1. The molecule has 0 radical (unpaired) electrons. The lowest BCUT2D eigenvalue weighted by atomic mass is 10.1. The van der Waals surface area contributed by atoms with Crippen LogP contribution in [0, 0.1) is 0 Å². The Kier molecular flexibility index (Phi) is 9.83. The minimum absolute atomic E-state index is 0.252. The van der Waals surface area contributed by atoms with Crippen molar-refractivity contribution in [3.05, 3.63) is 59.7 Å². The normalized spacial score (nSPS) is 12.2. The Hall–Kier alpha value is -2.08. The lowest BCUT2D eigenvalue weighted by Crippen LogP contribution is -2.35. The number of aliphatic hydroxyl groups excluding tert-OH is 1. The van der Waals surface area contributed by atoms with Crippen molar-refractivity contribution in [1.82, 2.24) is 10.2 Å². The van der Waals surface area contributed by atoms with Crippen molar-refractivity contribution in [3.63, 3.8) is 0 Å². The van der Waals surface area contributed by atoms with Crippen LogP contribution < -0.4 is 14.8 Å². The summed E-state index contributed by atoms with van der Waals surface area (Å²) in [6.07, 6.45) is 0.479. The summed E-state index contributed by atoms with van der Waals surface area (Å²) < 4.78 is 11.3. The molecule has 1 atom stereocenters. The maximum atomic E-state index is 10.2. The van der Waals surface area contributed by atoms with E-state index in [1.807, 2.05) is 24.3 Å². The second-order valence-corrected chi connectivity index (χ2v) is 6.85. The SMILES string of the molecule is CCN(CC)C[C@@H](O)COc1ccc(CNCCc2ccccc2)cc1OC. The maximum Gasteiger partial charge on any atom is 0.161 e. The van der Waals surface area contributed by atoms with Crippen LogP contribution in [0.4, 0.5) is 0 Å². The van der Waals surface area contributed by atoms with Crippen molar-refractivity contribution in [2.45, 2.75) is 32.9 Å². The molecule has 0 unspecified atom stereocenters. The number of ether oxygens (including phenoxy) is 2. The number of nitrogens with zero attached hydrogens (tertiary/aromatic N) is 1. The van der Waals surface area contributed by atoms with E-state index in [2.05, 4.69) is 48.3 Å². The van der Waals surface area contributed by atoms with Crippen LogP contribution >= 0.6 is 0 Å². The Morgan fingerprint density at radius 3 is 2.43 bits per heavy atom. The fourth-order valence-electron chi connectivity index (χ4n) is 3.07. The van der Waals surface area contributed by atoms with Gasteiger partial charge >= 0.3 is 0 Å². The minimum Gasteiger partial charge on any atom is -0.493 e. The van der Waals surface area contributed by atoms with Crippen molar-refractivity contribution in [1.29, 1.82) is 0 Å². The summed E-state index contributed by atoms with van der Waals surface area (Å²) in [7, 11) is 1.64. The minimum atomic E-state index is -0.524. The maximum absolute atomic E-state index is 10.2. The molecule has 2 rings (SSSR count). The molecule has 2 aromatic carbocycles. The van der Waals surface area contributed by atoms with Gasteiger partial charge in [0.2, 0.25) is 0 Å². The van der Waals surface area contributed by atoms with E-state index in [0.29, 0.717) is 18.0 Å². The van der Waals surface area contributed by atoms with E-state index in [1.54, 1.807) is 7.11 Å². The fraction of sp³-hybridized carbons (Fsp3) is 0.478. The number of aliphatic hydroxyl groups is 1. The number of methoxy groups -OCH3 is 1. The van der Waals surface area contributed by atoms with Gasteiger partial charge in [-0.25, -0.2) is 0 Å². The summed E-state index contributed by atoms with van der Waals surface area (Å²) in [5, 5.41) is 13.6. The van der Waals surface area contributed by atoms with Gasteiger partial charge in [-0.3, -0.25) is 0 Å². The Labute approximate surface area is 169 Å². The highest BCUT2D eigenvalue weighted by Crippen LogP contribution is 2.28. The van der Waals surface area contributed by atoms with E-state index in [1.165, 1.54) is 5.56 Å². The van der Waals surface area contributed by atoms with E-state index in [0.717, 1.165) is 38.2 Å². The highest BCUT2D eigenvalue weighted by Gasteiger charge is 2.12. The molecule has 0 amide bonds. The molecule has 0 spiro atoms. The topological polar surface area (TPSA) is 54.0 Å². The molecule has 5 nitrogen and oxygen atoms in total. The molecule has 2 N–H and O–H groups in total. The van der Waals surface area contributed by atoms with E-state index in [4.69, 9.17) is 9.47 Å². The monoisotopic (exact) mass is 386 g/mol. The predicted octanol–water partition coefficient (Wildman–Crippen LogP) is 3.11. The first-order valence-corrected chi connectivity index (χ1v) is 10.1. The molecule has 0 bridgehead atoms. The van der Waals surface area contributed by atoms with Crippen LogP contribution in [-0.2, 0) is 13.0 Å². The highest BCUT2D eigenvalue weighted by molar-refractivity contribution is 5.43. The number of rotatable bonds is 13. The Balaban J connectivity index is 1.80. The first kappa shape index (κ1) is 22.2. The van der Waals surface area contributed by atoms with Gasteiger partial charge in [0.1, 0.15) is 12.7 Å². The first-order chi connectivity index (χ1) is 13.7. The van der Waals surface area contributed by atoms with Crippen LogP contribution in [-0.4, -0.2) is 56.0 Å². The third-order valence-electron chi connectivity index (χ3n) is 4.79. The Bertz CT molecular complexity index is 675. The van der Waals surface area contributed by atoms with Crippen LogP contribution in [0.3, 0.4) is 0 Å². The lowest BCUT2D eigenvalue weighted by Gasteiger charge is -2.22. The zero-order chi connectivity index (χ0) is 20.2. The van der Waals surface area contributed by atoms with E-state index >= 15 is 0 Å². The molecule has 0 saturated heterocycles. The lowest BCUT2D eigenvalue weighted by molar-refractivity contribution is 0.0705. The molecule has 0 fully saturated rings. The second kappa shape index (κ2) is 12.4. The van der Waals surface area contributed by atoms with Gasteiger partial charge in [-0.15, -0.1) is 0 Å². The number of nitrogens with one attached hydrogen (secondary N) is 1. The first-order valence-electron chi connectivity index (χ1n) is 10.1. The average molecular weight is 387 g/mol. The van der Waals surface area contributed by atoms with Crippen LogP contribution in [0.2, 0.25) is 0 Å². The fourth-order valence-corrected chi connectivity index (χ4v) is 3.07. The zero-order valence-corrected chi connectivity index (χ0v) is 17.4. The molecule has 5 heteroatoms. The third kappa shape index (κ3) is 7.50. The van der Waals surface area contributed by atoms with Gasteiger partial charge < -0.3 is 24.8 Å². The molecule has 0 aliphatic rings. The van der Waals surface area contributed by atoms with Gasteiger partial charge in [0.05, 0.1) is 7.11 Å². The van der Waals surface area contributed by atoms with Crippen LogP contribution in [0.1, 0.15) is 25.0 Å². The van der Waals surface area contributed by atoms with Crippen molar-refractivity contribution >= 4 is 0 Å². The molecule has 28 heavy (non-hydrogen) atoms. The van der Waals surface area contributed by atoms with E-state index in [-0.39, 0.29) is 6.61 Å². The van der Waals surface area contributed by atoms with Gasteiger partial charge in [0, 0.05) is 13.1 Å². The van der Waals surface area contributed by atoms with E-state index < -0.39 is 6.10 Å². The second-order valence-electron chi connectivity index (χ2n) is 6.85. The summed E-state index contributed by atoms with van der Waals surface area (Å²) in [4.78, 5) is 2.18. The number of hydrogen-bond acceptors (Lipinski definition) is 5. The molecule has 0 saturated carbocycles. The van der Waals surface area contributed by atoms with Crippen molar-refractivity contribution in [2.24, 2.45) is 0 Å². The van der Waals surface area contributed by atoms with Crippen LogP contribution in [0.15, 0.2) is 48.5 Å². The van der Waals surface area contributed by atoms with Gasteiger partial charge in [-0.2, -0.15) is 0 Å².